The molecule has 2 heterocycles. The molecule has 2 fully saturated rings. The number of ether oxygens (including phenoxy) is 1. The number of carbonyl (C=O) groups excluding carboxylic acids is 1. The maximum absolute atomic E-state index is 12.0. The smallest absolute Gasteiger partial charge is 0.248 e. The Hall–Kier alpha value is -1.32. The summed E-state index contributed by atoms with van der Waals surface area (Å²) in [5, 5.41) is 0.818. The molecule has 0 aromatic heterocycles. The van der Waals surface area contributed by atoms with Crippen molar-refractivity contribution >= 4 is 17.5 Å². The molecule has 3 nitrogen and oxygen atoms in total. The molecule has 1 atom stereocenters. The van der Waals surface area contributed by atoms with Crippen LogP contribution < -0.4 is 0 Å². The van der Waals surface area contributed by atoms with E-state index >= 15 is 0 Å². The zero-order valence-electron chi connectivity index (χ0n) is 13.7. The molecule has 1 spiro atoms. The molecule has 1 aromatic carbocycles. The van der Waals surface area contributed by atoms with E-state index in [9.17, 15) is 4.79 Å². The van der Waals surface area contributed by atoms with Gasteiger partial charge < -0.3 is 9.64 Å². The van der Waals surface area contributed by atoms with E-state index in [0.717, 1.165) is 56.0 Å². The molecule has 0 radical (unpaired) electrons. The van der Waals surface area contributed by atoms with Crippen LogP contribution in [-0.4, -0.2) is 36.6 Å². The fraction of sp³-hybridized carbons (Fsp3) is 0.526. The van der Waals surface area contributed by atoms with E-state index < -0.39 is 0 Å². The fourth-order valence-corrected chi connectivity index (χ4v) is 3.95. The SMILES string of the molecule is C=C(C)C(=O)N1CCC2(CC1)COC(Cc1ccccc1Cl)C2. The van der Waals surface area contributed by atoms with Gasteiger partial charge in [0.25, 0.3) is 0 Å². The first-order valence-corrected chi connectivity index (χ1v) is 8.67. The molecule has 124 valence electrons. The second-order valence-electron chi connectivity index (χ2n) is 7.01. The van der Waals surface area contributed by atoms with Gasteiger partial charge in [-0.3, -0.25) is 4.79 Å². The van der Waals surface area contributed by atoms with Gasteiger partial charge >= 0.3 is 0 Å². The lowest BCUT2D eigenvalue weighted by molar-refractivity contribution is -0.129. The number of amides is 1. The molecule has 2 aliphatic heterocycles. The Morgan fingerprint density at radius 2 is 2.09 bits per heavy atom. The van der Waals surface area contributed by atoms with Gasteiger partial charge in [-0.15, -0.1) is 0 Å². The third-order valence-corrected chi connectivity index (χ3v) is 5.54. The van der Waals surface area contributed by atoms with Crippen molar-refractivity contribution in [1.82, 2.24) is 4.90 Å². The summed E-state index contributed by atoms with van der Waals surface area (Å²) in [6.07, 6.45) is 4.21. The molecule has 1 amide bonds. The highest BCUT2D eigenvalue weighted by molar-refractivity contribution is 6.31. The van der Waals surface area contributed by atoms with Crippen LogP contribution in [0.15, 0.2) is 36.4 Å². The van der Waals surface area contributed by atoms with Crippen molar-refractivity contribution in [3.8, 4) is 0 Å². The van der Waals surface area contributed by atoms with Crippen LogP contribution in [0.4, 0.5) is 0 Å². The summed E-state index contributed by atoms with van der Waals surface area (Å²) in [6.45, 7) is 7.97. The molecule has 2 aliphatic rings. The molecule has 0 saturated carbocycles. The van der Waals surface area contributed by atoms with Crippen molar-refractivity contribution in [2.75, 3.05) is 19.7 Å². The van der Waals surface area contributed by atoms with Gasteiger partial charge in [0.15, 0.2) is 0 Å². The average molecular weight is 334 g/mol. The van der Waals surface area contributed by atoms with Crippen molar-refractivity contribution in [3.05, 3.63) is 47.0 Å². The first-order chi connectivity index (χ1) is 11.0. The number of hydrogen-bond donors (Lipinski definition) is 0. The zero-order valence-corrected chi connectivity index (χ0v) is 14.4. The van der Waals surface area contributed by atoms with E-state index in [0.29, 0.717) is 5.57 Å². The Balaban J connectivity index is 1.57. The zero-order chi connectivity index (χ0) is 16.4. The van der Waals surface area contributed by atoms with Gasteiger partial charge in [-0.05, 0) is 43.2 Å². The van der Waals surface area contributed by atoms with Crippen LogP contribution in [0.1, 0.15) is 31.7 Å². The standard InChI is InChI=1S/C19H24ClNO2/c1-14(2)18(22)21-9-7-19(8-10-21)12-16(23-13-19)11-15-5-3-4-6-17(15)20/h3-6,16H,1,7-13H2,2H3. The number of carbonyl (C=O) groups is 1. The summed E-state index contributed by atoms with van der Waals surface area (Å²) in [4.78, 5) is 14.0. The Labute approximate surface area is 143 Å². The quantitative estimate of drug-likeness (QED) is 0.786. The molecule has 0 N–H and O–H groups in total. The number of piperidine rings is 1. The predicted octanol–water partition coefficient (Wildman–Crippen LogP) is 3.86. The highest BCUT2D eigenvalue weighted by atomic mass is 35.5. The van der Waals surface area contributed by atoms with Gasteiger partial charge in [-0.1, -0.05) is 36.4 Å². The fourth-order valence-electron chi connectivity index (χ4n) is 3.74. The van der Waals surface area contributed by atoms with Crippen LogP contribution in [0.25, 0.3) is 0 Å². The van der Waals surface area contributed by atoms with E-state index in [-0.39, 0.29) is 17.4 Å². The molecule has 2 saturated heterocycles. The van der Waals surface area contributed by atoms with Crippen LogP contribution in [-0.2, 0) is 16.0 Å². The second kappa shape index (κ2) is 6.66. The second-order valence-corrected chi connectivity index (χ2v) is 7.41. The first-order valence-electron chi connectivity index (χ1n) is 8.29. The minimum Gasteiger partial charge on any atom is -0.377 e. The van der Waals surface area contributed by atoms with Gasteiger partial charge in [0.2, 0.25) is 5.91 Å². The molecule has 0 bridgehead atoms. The Kier molecular flexibility index (Phi) is 4.79. The lowest BCUT2D eigenvalue weighted by Gasteiger charge is -2.38. The monoisotopic (exact) mass is 333 g/mol. The third kappa shape index (κ3) is 3.61. The molecule has 4 heteroatoms. The molecule has 3 rings (SSSR count). The van der Waals surface area contributed by atoms with Crippen molar-refractivity contribution in [1.29, 1.82) is 0 Å². The van der Waals surface area contributed by atoms with E-state index in [1.165, 1.54) is 0 Å². The Morgan fingerprint density at radius 1 is 1.39 bits per heavy atom. The summed E-state index contributed by atoms with van der Waals surface area (Å²) in [6, 6.07) is 7.99. The number of hydrogen-bond acceptors (Lipinski definition) is 2. The lowest BCUT2D eigenvalue weighted by atomic mass is 9.76. The Morgan fingerprint density at radius 3 is 2.74 bits per heavy atom. The van der Waals surface area contributed by atoms with E-state index in [4.69, 9.17) is 16.3 Å². The molecular weight excluding hydrogens is 310 g/mol. The first kappa shape index (κ1) is 16.5. The molecule has 1 unspecified atom stereocenters. The molecule has 1 aromatic rings. The summed E-state index contributed by atoms with van der Waals surface area (Å²) in [5.41, 5.74) is 2.02. The molecule has 0 aliphatic carbocycles. The van der Waals surface area contributed by atoms with E-state index in [1.807, 2.05) is 23.1 Å². The van der Waals surface area contributed by atoms with E-state index in [2.05, 4.69) is 12.6 Å². The van der Waals surface area contributed by atoms with Gasteiger partial charge in [0.05, 0.1) is 12.7 Å². The van der Waals surface area contributed by atoms with Crippen LogP contribution in [0.2, 0.25) is 5.02 Å². The largest absolute Gasteiger partial charge is 0.377 e. The van der Waals surface area contributed by atoms with Gasteiger partial charge in [0.1, 0.15) is 0 Å². The normalized spacial score (nSPS) is 23.2. The van der Waals surface area contributed by atoms with Crippen molar-refractivity contribution in [2.24, 2.45) is 5.41 Å². The highest BCUT2D eigenvalue weighted by Crippen LogP contribution is 2.43. The Bertz CT molecular complexity index is 605. The molecule has 23 heavy (non-hydrogen) atoms. The summed E-state index contributed by atoms with van der Waals surface area (Å²) in [5.74, 6) is 0.0892. The van der Waals surface area contributed by atoms with Gasteiger partial charge in [-0.25, -0.2) is 0 Å². The van der Waals surface area contributed by atoms with Crippen molar-refractivity contribution < 1.29 is 9.53 Å². The van der Waals surface area contributed by atoms with Crippen LogP contribution in [0.5, 0.6) is 0 Å². The number of likely N-dealkylation sites (tertiary alicyclic amines) is 1. The summed E-state index contributed by atoms with van der Waals surface area (Å²) < 4.78 is 6.07. The van der Waals surface area contributed by atoms with E-state index in [1.54, 1.807) is 6.92 Å². The summed E-state index contributed by atoms with van der Waals surface area (Å²) in [7, 11) is 0. The van der Waals surface area contributed by atoms with Gasteiger partial charge in [-0.2, -0.15) is 0 Å². The predicted molar refractivity (Wildman–Crippen MR) is 92.6 cm³/mol. The minimum atomic E-state index is 0.0892. The number of rotatable bonds is 3. The maximum atomic E-state index is 12.0. The van der Waals surface area contributed by atoms with Gasteiger partial charge in [0, 0.05) is 30.1 Å². The minimum absolute atomic E-state index is 0.0892. The summed E-state index contributed by atoms with van der Waals surface area (Å²) >= 11 is 6.26. The van der Waals surface area contributed by atoms with Crippen LogP contribution in [0.3, 0.4) is 0 Å². The number of halogens is 1. The third-order valence-electron chi connectivity index (χ3n) is 5.17. The number of benzene rings is 1. The highest BCUT2D eigenvalue weighted by Gasteiger charge is 2.43. The van der Waals surface area contributed by atoms with Crippen LogP contribution >= 0.6 is 11.6 Å². The lowest BCUT2D eigenvalue weighted by Crippen LogP contribution is -2.43. The molecular formula is C19H24ClNO2. The van der Waals surface area contributed by atoms with Crippen LogP contribution in [0, 0.1) is 5.41 Å². The van der Waals surface area contributed by atoms with Crippen molar-refractivity contribution in [3.63, 3.8) is 0 Å². The maximum Gasteiger partial charge on any atom is 0.248 e. The average Bonchev–Trinajstić information content (AvgIpc) is 2.92. The topological polar surface area (TPSA) is 29.5 Å². The van der Waals surface area contributed by atoms with Crippen molar-refractivity contribution in [2.45, 2.75) is 38.7 Å². The number of nitrogens with zero attached hydrogens (tertiary/aromatic N) is 1.